The molecule has 1 unspecified atom stereocenters. The summed E-state index contributed by atoms with van der Waals surface area (Å²) in [5, 5.41) is 3.07. The van der Waals surface area contributed by atoms with E-state index in [4.69, 9.17) is 0 Å². The van der Waals surface area contributed by atoms with Gasteiger partial charge in [-0.05, 0) is 49.9 Å². The van der Waals surface area contributed by atoms with E-state index in [-0.39, 0.29) is 11.9 Å². The highest BCUT2D eigenvalue weighted by molar-refractivity contribution is 9.10. The van der Waals surface area contributed by atoms with E-state index >= 15 is 0 Å². The van der Waals surface area contributed by atoms with Gasteiger partial charge in [-0.3, -0.25) is 4.79 Å². The minimum absolute atomic E-state index is 0.00522. The summed E-state index contributed by atoms with van der Waals surface area (Å²) in [5.74, 6) is -0.00522. The van der Waals surface area contributed by atoms with E-state index in [2.05, 4.69) is 33.4 Å². The zero-order valence-corrected chi connectivity index (χ0v) is 14.0. The highest BCUT2D eigenvalue weighted by atomic mass is 79.9. The van der Waals surface area contributed by atoms with E-state index in [1.54, 1.807) is 0 Å². The van der Waals surface area contributed by atoms with E-state index in [0.29, 0.717) is 0 Å². The van der Waals surface area contributed by atoms with Crippen LogP contribution in [0.4, 0.5) is 0 Å². The lowest BCUT2D eigenvalue weighted by atomic mass is 10.0. The molecule has 0 heterocycles. The number of aryl methyl sites for hydroxylation is 2. The smallest absolute Gasteiger partial charge is 0.251 e. The molecule has 1 amide bonds. The molecule has 0 fully saturated rings. The lowest BCUT2D eigenvalue weighted by molar-refractivity contribution is 0.0938. The Bertz CT molecular complexity index is 610. The Hall–Kier alpha value is -1.61. The number of halogens is 1. The van der Waals surface area contributed by atoms with Crippen LogP contribution in [-0.4, -0.2) is 11.9 Å². The van der Waals surface area contributed by atoms with E-state index < -0.39 is 0 Å². The third kappa shape index (κ3) is 4.71. The highest BCUT2D eigenvalue weighted by Crippen LogP contribution is 2.16. The van der Waals surface area contributed by atoms with Crippen molar-refractivity contribution in [2.75, 3.05) is 0 Å². The Morgan fingerprint density at radius 1 is 1.19 bits per heavy atom. The van der Waals surface area contributed by atoms with Crippen LogP contribution in [0.25, 0.3) is 0 Å². The van der Waals surface area contributed by atoms with E-state index in [0.717, 1.165) is 28.4 Å². The van der Waals surface area contributed by atoms with Gasteiger partial charge in [0.1, 0.15) is 0 Å². The fraction of sp³-hybridized carbons (Fsp3) is 0.278. The Balaban J connectivity index is 1.91. The van der Waals surface area contributed by atoms with Gasteiger partial charge >= 0.3 is 0 Å². The van der Waals surface area contributed by atoms with Crippen molar-refractivity contribution < 1.29 is 4.79 Å². The molecule has 3 heteroatoms. The van der Waals surface area contributed by atoms with Crippen molar-refractivity contribution in [3.05, 3.63) is 69.7 Å². The van der Waals surface area contributed by atoms with Crippen LogP contribution in [0, 0.1) is 6.92 Å². The number of hydrogen-bond donors (Lipinski definition) is 1. The van der Waals surface area contributed by atoms with E-state index in [9.17, 15) is 4.79 Å². The molecule has 1 N–H and O–H groups in total. The van der Waals surface area contributed by atoms with Crippen molar-refractivity contribution in [3.63, 3.8) is 0 Å². The summed E-state index contributed by atoms with van der Waals surface area (Å²) in [6.07, 6.45) is 1.91. The minimum atomic E-state index is -0.00522. The highest BCUT2D eigenvalue weighted by Gasteiger charge is 2.12. The third-order valence-electron chi connectivity index (χ3n) is 3.53. The zero-order chi connectivity index (χ0) is 15.2. The molecule has 2 nitrogen and oxygen atoms in total. The van der Waals surface area contributed by atoms with Gasteiger partial charge in [0, 0.05) is 16.1 Å². The van der Waals surface area contributed by atoms with Gasteiger partial charge in [-0.15, -0.1) is 0 Å². The number of nitrogens with one attached hydrogen (secondary N) is 1. The zero-order valence-electron chi connectivity index (χ0n) is 12.4. The summed E-state index contributed by atoms with van der Waals surface area (Å²) >= 11 is 3.41. The molecule has 2 aromatic rings. The van der Waals surface area contributed by atoms with E-state index in [1.165, 1.54) is 5.56 Å². The quantitative estimate of drug-likeness (QED) is 0.848. The molecule has 0 spiro atoms. The largest absolute Gasteiger partial charge is 0.350 e. The Labute approximate surface area is 134 Å². The van der Waals surface area contributed by atoms with Crippen LogP contribution in [0.3, 0.4) is 0 Å². The molecule has 21 heavy (non-hydrogen) atoms. The van der Waals surface area contributed by atoms with Crippen molar-refractivity contribution in [1.82, 2.24) is 5.32 Å². The van der Waals surface area contributed by atoms with Crippen molar-refractivity contribution in [3.8, 4) is 0 Å². The van der Waals surface area contributed by atoms with Gasteiger partial charge in [0.15, 0.2) is 0 Å². The van der Waals surface area contributed by atoms with E-state index in [1.807, 2.05) is 50.2 Å². The summed E-state index contributed by atoms with van der Waals surface area (Å²) < 4.78 is 0.926. The molecule has 2 rings (SSSR count). The molecule has 110 valence electrons. The number of amides is 1. The molecule has 0 aliphatic heterocycles. The molecule has 0 bridgehead atoms. The first kappa shape index (κ1) is 15.8. The molecule has 0 aromatic heterocycles. The van der Waals surface area contributed by atoms with Gasteiger partial charge in [-0.2, -0.15) is 0 Å². The fourth-order valence-electron chi connectivity index (χ4n) is 2.24. The van der Waals surface area contributed by atoms with Crippen LogP contribution in [0.1, 0.15) is 34.8 Å². The normalized spacial score (nSPS) is 12.0. The average Bonchev–Trinajstić information content (AvgIpc) is 2.48. The van der Waals surface area contributed by atoms with Gasteiger partial charge in [0.25, 0.3) is 5.91 Å². The molecule has 1 atom stereocenters. The van der Waals surface area contributed by atoms with Crippen LogP contribution >= 0.6 is 15.9 Å². The Morgan fingerprint density at radius 2 is 1.90 bits per heavy atom. The maximum Gasteiger partial charge on any atom is 0.251 e. The minimum Gasteiger partial charge on any atom is -0.350 e. The number of carbonyl (C=O) groups is 1. The second-order valence-corrected chi connectivity index (χ2v) is 6.27. The van der Waals surface area contributed by atoms with Crippen LogP contribution in [-0.2, 0) is 6.42 Å². The van der Waals surface area contributed by atoms with Crippen molar-refractivity contribution in [2.45, 2.75) is 32.7 Å². The van der Waals surface area contributed by atoms with Crippen LogP contribution < -0.4 is 5.32 Å². The lowest BCUT2D eigenvalue weighted by Crippen LogP contribution is -2.33. The maximum absolute atomic E-state index is 12.3. The molecule has 0 aliphatic rings. The Kier molecular flexibility index (Phi) is 5.57. The monoisotopic (exact) mass is 345 g/mol. The summed E-state index contributed by atoms with van der Waals surface area (Å²) in [7, 11) is 0. The second-order valence-electron chi connectivity index (χ2n) is 5.36. The van der Waals surface area contributed by atoms with Crippen LogP contribution in [0.5, 0.6) is 0 Å². The van der Waals surface area contributed by atoms with Crippen LogP contribution in [0.2, 0.25) is 0 Å². The molecular weight excluding hydrogens is 326 g/mol. The SMILES string of the molecule is Cc1ccc(Br)cc1C(=O)NC(C)CCc1ccccc1. The first-order chi connectivity index (χ1) is 10.1. The molecule has 0 radical (unpaired) electrons. The number of benzene rings is 2. The second kappa shape index (κ2) is 7.41. The summed E-state index contributed by atoms with van der Waals surface area (Å²) in [6, 6.07) is 16.3. The molecular formula is C18H20BrNO. The van der Waals surface area contributed by atoms with Gasteiger partial charge in [-0.25, -0.2) is 0 Å². The molecule has 0 saturated heterocycles. The summed E-state index contributed by atoms with van der Waals surface area (Å²) in [4.78, 5) is 12.3. The van der Waals surface area contributed by atoms with Gasteiger partial charge in [0.2, 0.25) is 0 Å². The molecule has 0 saturated carbocycles. The Morgan fingerprint density at radius 3 is 2.62 bits per heavy atom. The maximum atomic E-state index is 12.3. The van der Waals surface area contributed by atoms with Gasteiger partial charge in [0.05, 0.1) is 0 Å². The van der Waals surface area contributed by atoms with Gasteiger partial charge < -0.3 is 5.32 Å². The fourth-order valence-corrected chi connectivity index (χ4v) is 2.60. The van der Waals surface area contributed by atoms with Crippen molar-refractivity contribution >= 4 is 21.8 Å². The predicted molar refractivity (Wildman–Crippen MR) is 90.6 cm³/mol. The predicted octanol–water partition coefficient (Wildman–Crippen LogP) is 4.51. The molecule has 2 aromatic carbocycles. The average molecular weight is 346 g/mol. The molecule has 0 aliphatic carbocycles. The first-order valence-corrected chi connectivity index (χ1v) is 7.96. The lowest BCUT2D eigenvalue weighted by Gasteiger charge is -2.15. The summed E-state index contributed by atoms with van der Waals surface area (Å²) in [5.41, 5.74) is 3.03. The number of carbonyl (C=O) groups excluding carboxylic acids is 1. The standard InChI is InChI=1S/C18H20BrNO/c1-13-8-11-16(19)12-17(13)18(21)20-14(2)9-10-15-6-4-3-5-7-15/h3-8,11-12,14H,9-10H2,1-2H3,(H,20,21). The van der Waals surface area contributed by atoms with Crippen LogP contribution in [0.15, 0.2) is 53.0 Å². The van der Waals surface area contributed by atoms with Gasteiger partial charge in [-0.1, -0.05) is 52.3 Å². The number of hydrogen-bond acceptors (Lipinski definition) is 1. The van der Waals surface area contributed by atoms with Crippen molar-refractivity contribution in [2.24, 2.45) is 0 Å². The third-order valence-corrected chi connectivity index (χ3v) is 4.02. The van der Waals surface area contributed by atoms with Crippen molar-refractivity contribution in [1.29, 1.82) is 0 Å². The topological polar surface area (TPSA) is 29.1 Å². The number of rotatable bonds is 5. The first-order valence-electron chi connectivity index (χ1n) is 7.17. The summed E-state index contributed by atoms with van der Waals surface area (Å²) in [6.45, 7) is 4.00.